The molecule has 27 heavy (non-hydrogen) atoms. The van der Waals surface area contributed by atoms with Crippen molar-refractivity contribution in [1.82, 2.24) is 24.5 Å². The molecule has 1 fully saturated rings. The minimum Gasteiger partial charge on any atom is -0.342 e. The van der Waals surface area contributed by atoms with E-state index in [2.05, 4.69) is 25.4 Å². The second kappa shape index (κ2) is 6.01. The zero-order valence-electron chi connectivity index (χ0n) is 14.6. The third kappa shape index (κ3) is 2.84. The summed E-state index contributed by atoms with van der Waals surface area (Å²) in [6.07, 6.45) is 8.77. The van der Waals surface area contributed by atoms with E-state index in [-0.39, 0.29) is 5.91 Å². The molecule has 0 radical (unpaired) electrons. The maximum atomic E-state index is 12.9. The number of anilines is 1. The predicted molar refractivity (Wildman–Crippen MR) is 97.4 cm³/mol. The standard InChI is InChI=1S/C19H16N6O2/c1-11-2-3-13(18-22-10-27-24-18)6-14(11)23-19(26)16-7-21-17-8-20-15(9-25(16)17)12-4-5-12/h2-3,6-10,12H,4-5H2,1H3,(H,23,26). The third-order valence-electron chi connectivity index (χ3n) is 4.75. The molecule has 0 atom stereocenters. The molecule has 5 rings (SSSR count). The Balaban J connectivity index is 1.48. The molecule has 1 amide bonds. The van der Waals surface area contributed by atoms with Crippen LogP contribution in [0.4, 0.5) is 5.69 Å². The quantitative estimate of drug-likeness (QED) is 0.600. The van der Waals surface area contributed by atoms with Crippen molar-refractivity contribution >= 4 is 17.2 Å². The van der Waals surface area contributed by atoms with Crippen molar-refractivity contribution < 1.29 is 9.32 Å². The highest BCUT2D eigenvalue weighted by Gasteiger charge is 2.26. The van der Waals surface area contributed by atoms with Crippen molar-refractivity contribution in [2.24, 2.45) is 0 Å². The monoisotopic (exact) mass is 360 g/mol. The lowest BCUT2D eigenvalue weighted by Gasteiger charge is -2.10. The average molecular weight is 360 g/mol. The van der Waals surface area contributed by atoms with Crippen LogP contribution in [0, 0.1) is 6.92 Å². The lowest BCUT2D eigenvalue weighted by atomic mass is 10.1. The molecular weight excluding hydrogens is 344 g/mol. The topological polar surface area (TPSA) is 98.2 Å². The number of nitrogens with one attached hydrogen (secondary N) is 1. The maximum absolute atomic E-state index is 12.9. The van der Waals surface area contributed by atoms with Crippen molar-refractivity contribution in [3.63, 3.8) is 0 Å². The Morgan fingerprint density at radius 2 is 2.11 bits per heavy atom. The van der Waals surface area contributed by atoms with Crippen LogP contribution in [0.15, 0.2) is 47.7 Å². The Hall–Kier alpha value is -3.55. The number of carbonyl (C=O) groups is 1. The molecule has 0 spiro atoms. The number of benzene rings is 1. The number of rotatable bonds is 4. The summed E-state index contributed by atoms with van der Waals surface area (Å²) in [4.78, 5) is 25.7. The molecule has 1 N–H and O–H groups in total. The number of fused-ring (bicyclic) bond motifs is 1. The number of hydrogen-bond acceptors (Lipinski definition) is 6. The number of aromatic nitrogens is 5. The number of amides is 1. The van der Waals surface area contributed by atoms with E-state index in [0.29, 0.717) is 28.8 Å². The van der Waals surface area contributed by atoms with Crippen molar-refractivity contribution in [3.05, 3.63) is 60.1 Å². The highest BCUT2D eigenvalue weighted by Crippen LogP contribution is 2.38. The Kier molecular flexibility index (Phi) is 3.49. The van der Waals surface area contributed by atoms with Crippen LogP contribution in [0.1, 0.15) is 40.5 Å². The van der Waals surface area contributed by atoms with E-state index in [0.717, 1.165) is 29.7 Å². The molecular formula is C19H16N6O2. The van der Waals surface area contributed by atoms with E-state index < -0.39 is 0 Å². The van der Waals surface area contributed by atoms with Crippen molar-refractivity contribution in [1.29, 1.82) is 0 Å². The maximum Gasteiger partial charge on any atom is 0.274 e. The van der Waals surface area contributed by atoms with Gasteiger partial charge in [0.05, 0.1) is 18.1 Å². The van der Waals surface area contributed by atoms with Crippen LogP contribution in [0.25, 0.3) is 17.0 Å². The summed E-state index contributed by atoms with van der Waals surface area (Å²) in [7, 11) is 0. The van der Waals surface area contributed by atoms with Gasteiger partial charge < -0.3 is 9.84 Å². The van der Waals surface area contributed by atoms with Crippen LogP contribution in [0.5, 0.6) is 0 Å². The summed E-state index contributed by atoms with van der Waals surface area (Å²) in [6, 6.07) is 5.63. The first kappa shape index (κ1) is 15.7. The molecule has 8 nitrogen and oxygen atoms in total. The van der Waals surface area contributed by atoms with Crippen LogP contribution in [0.2, 0.25) is 0 Å². The highest BCUT2D eigenvalue weighted by molar-refractivity contribution is 6.04. The fraction of sp³-hybridized carbons (Fsp3) is 0.211. The molecule has 0 unspecified atom stereocenters. The van der Waals surface area contributed by atoms with Crippen LogP contribution < -0.4 is 5.32 Å². The number of nitrogens with zero attached hydrogens (tertiary/aromatic N) is 5. The van der Waals surface area contributed by atoms with Gasteiger partial charge in [0, 0.05) is 23.4 Å². The smallest absolute Gasteiger partial charge is 0.274 e. The van der Waals surface area contributed by atoms with Gasteiger partial charge in [-0.05, 0) is 31.4 Å². The molecule has 0 aliphatic heterocycles. The Morgan fingerprint density at radius 3 is 2.89 bits per heavy atom. The third-order valence-corrected chi connectivity index (χ3v) is 4.75. The van der Waals surface area contributed by atoms with Gasteiger partial charge in [0.1, 0.15) is 5.69 Å². The normalized spacial score (nSPS) is 13.8. The van der Waals surface area contributed by atoms with Gasteiger partial charge in [-0.1, -0.05) is 17.3 Å². The van der Waals surface area contributed by atoms with E-state index in [9.17, 15) is 4.79 Å². The lowest BCUT2D eigenvalue weighted by molar-refractivity contribution is 0.102. The Morgan fingerprint density at radius 1 is 1.22 bits per heavy atom. The fourth-order valence-electron chi connectivity index (χ4n) is 3.04. The van der Waals surface area contributed by atoms with Gasteiger partial charge in [-0.25, -0.2) is 4.98 Å². The van der Waals surface area contributed by atoms with Gasteiger partial charge in [0.15, 0.2) is 5.65 Å². The van der Waals surface area contributed by atoms with Crippen LogP contribution in [-0.2, 0) is 0 Å². The van der Waals surface area contributed by atoms with Crippen molar-refractivity contribution in [2.75, 3.05) is 5.32 Å². The summed E-state index contributed by atoms with van der Waals surface area (Å²) in [6.45, 7) is 1.93. The molecule has 1 saturated carbocycles. The van der Waals surface area contributed by atoms with E-state index in [1.54, 1.807) is 16.8 Å². The first-order chi connectivity index (χ1) is 13.2. The minimum atomic E-state index is -0.233. The second-order valence-corrected chi connectivity index (χ2v) is 6.70. The summed E-state index contributed by atoms with van der Waals surface area (Å²) in [5, 5.41) is 6.80. The van der Waals surface area contributed by atoms with E-state index in [4.69, 9.17) is 4.52 Å². The summed E-state index contributed by atoms with van der Waals surface area (Å²) in [5.41, 5.74) is 4.52. The second-order valence-electron chi connectivity index (χ2n) is 6.70. The van der Waals surface area contributed by atoms with E-state index >= 15 is 0 Å². The van der Waals surface area contributed by atoms with Crippen LogP contribution in [-0.4, -0.2) is 30.4 Å². The predicted octanol–water partition coefficient (Wildman–Crippen LogP) is 3.22. The van der Waals surface area contributed by atoms with Crippen molar-refractivity contribution in [3.8, 4) is 11.4 Å². The minimum absolute atomic E-state index is 0.233. The van der Waals surface area contributed by atoms with Gasteiger partial charge >= 0.3 is 0 Å². The summed E-state index contributed by atoms with van der Waals surface area (Å²) in [5.74, 6) is 0.742. The van der Waals surface area contributed by atoms with Crippen LogP contribution in [0.3, 0.4) is 0 Å². The largest absolute Gasteiger partial charge is 0.342 e. The Bertz CT molecular complexity index is 1140. The van der Waals surface area contributed by atoms with E-state index in [1.807, 2.05) is 31.3 Å². The average Bonchev–Trinajstić information content (AvgIpc) is 3.21. The molecule has 4 aromatic rings. The molecule has 8 heteroatoms. The Labute approximate surface area is 154 Å². The lowest BCUT2D eigenvalue weighted by Crippen LogP contribution is -2.15. The fourth-order valence-corrected chi connectivity index (χ4v) is 3.04. The zero-order valence-corrected chi connectivity index (χ0v) is 14.6. The van der Waals surface area contributed by atoms with Gasteiger partial charge in [-0.15, -0.1) is 0 Å². The molecule has 3 aromatic heterocycles. The van der Waals surface area contributed by atoms with Gasteiger partial charge in [-0.2, -0.15) is 4.98 Å². The number of imidazole rings is 1. The highest BCUT2D eigenvalue weighted by atomic mass is 16.5. The van der Waals surface area contributed by atoms with Crippen molar-refractivity contribution in [2.45, 2.75) is 25.7 Å². The number of aryl methyl sites for hydroxylation is 1. The van der Waals surface area contributed by atoms with Gasteiger partial charge in [0.25, 0.3) is 5.91 Å². The van der Waals surface area contributed by atoms with E-state index in [1.165, 1.54) is 6.39 Å². The molecule has 0 saturated heterocycles. The molecule has 1 aliphatic carbocycles. The summed E-state index contributed by atoms with van der Waals surface area (Å²) < 4.78 is 6.60. The van der Waals surface area contributed by atoms with Crippen LogP contribution >= 0.6 is 0 Å². The SMILES string of the molecule is Cc1ccc(-c2ncon2)cc1NC(=O)c1cnc2cnc(C3CC3)cn12. The molecule has 1 aliphatic rings. The molecule has 134 valence electrons. The zero-order chi connectivity index (χ0) is 18.4. The molecule has 1 aromatic carbocycles. The molecule has 3 heterocycles. The van der Waals surface area contributed by atoms with Gasteiger partial charge in [0.2, 0.25) is 12.2 Å². The molecule has 0 bridgehead atoms. The van der Waals surface area contributed by atoms with Gasteiger partial charge in [-0.3, -0.25) is 14.2 Å². The first-order valence-electron chi connectivity index (χ1n) is 8.71. The number of hydrogen-bond donors (Lipinski definition) is 1. The number of carbonyl (C=O) groups excluding carboxylic acids is 1. The first-order valence-corrected chi connectivity index (χ1v) is 8.71. The summed E-state index contributed by atoms with van der Waals surface area (Å²) >= 11 is 0.